The van der Waals surface area contributed by atoms with Crippen LogP contribution in [0.2, 0.25) is 0 Å². The second kappa shape index (κ2) is 8.12. The first-order chi connectivity index (χ1) is 12.2. The van der Waals surface area contributed by atoms with Gasteiger partial charge in [-0.2, -0.15) is 5.10 Å². The number of nitrogens with one attached hydrogen (secondary N) is 2. The fourth-order valence-corrected chi connectivity index (χ4v) is 2.76. The van der Waals surface area contributed by atoms with Crippen LogP contribution in [-0.4, -0.2) is 27.6 Å². The molecule has 26 heavy (non-hydrogen) atoms. The summed E-state index contributed by atoms with van der Waals surface area (Å²) < 4.78 is 15.6. The molecular weight excluding hydrogens is 335 g/mol. The van der Waals surface area contributed by atoms with E-state index in [1.807, 2.05) is 20.9 Å². The number of benzene rings is 1. The number of carbonyl (C=O) groups is 2. The Morgan fingerprint density at radius 2 is 1.96 bits per heavy atom. The van der Waals surface area contributed by atoms with Gasteiger partial charge in [0.1, 0.15) is 11.9 Å². The van der Waals surface area contributed by atoms with Crippen molar-refractivity contribution in [1.29, 1.82) is 0 Å². The highest BCUT2D eigenvalue weighted by Gasteiger charge is 2.18. The van der Waals surface area contributed by atoms with Crippen LogP contribution in [0.5, 0.6) is 0 Å². The molecule has 0 aliphatic heterocycles. The zero-order chi connectivity index (χ0) is 19.4. The lowest BCUT2D eigenvalue weighted by molar-refractivity contribution is -0.126. The van der Waals surface area contributed by atoms with Gasteiger partial charge in [-0.1, -0.05) is 6.07 Å². The number of amides is 2. The first-order valence-corrected chi connectivity index (χ1v) is 8.54. The first-order valence-electron chi connectivity index (χ1n) is 8.54. The predicted octanol–water partition coefficient (Wildman–Crippen LogP) is 2.56. The number of aromatic nitrogens is 2. The van der Waals surface area contributed by atoms with Gasteiger partial charge in [0.15, 0.2) is 0 Å². The molecule has 0 fully saturated rings. The molecule has 0 spiro atoms. The summed E-state index contributed by atoms with van der Waals surface area (Å²) in [5.41, 5.74) is 3.84. The van der Waals surface area contributed by atoms with E-state index in [4.69, 9.17) is 0 Å². The normalized spacial score (nSPS) is 11.9. The summed E-state index contributed by atoms with van der Waals surface area (Å²) in [5.74, 6) is -1.20. The standard InChI is InChI=1S/C19H25FN4O2/c1-11-6-8-17(16(20)10-11)22-19(26)13(3)21-18(25)9-7-15-12(2)23-24(5)14(15)4/h6,8,10,13H,7,9H2,1-5H3,(H,21,25)(H,22,26)/t13-/m1/s1. The molecule has 1 heterocycles. The average molecular weight is 360 g/mol. The molecule has 1 aromatic carbocycles. The highest BCUT2D eigenvalue weighted by atomic mass is 19.1. The van der Waals surface area contributed by atoms with Gasteiger partial charge >= 0.3 is 0 Å². The Hall–Kier alpha value is -2.70. The first kappa shape index (κ1) is 19.6. The quantitative estimate of drug-likeness (QED) is 0.831. The lowest BCUT2D eigenvalue weighted by Gasteiger charge is -2.15. The fraction of sp³-hybridized carbons (Fsp3) is 0.421. The fourth-order valence-electron chi connectivity index (χ4n) is 2.76. The SMILES string of the molecule is Cc1ccc(NC(=O)[C@@H](C)NC(=O)CCc2c(C)nn(C)c2C)c(F)c1. The minimum absolute atomic E-state index is 0.100. The van der Waals surface area contributed by atoms with Crippen molar-refractivity contribution >= 4 is 17.5 Å². The second-order valence-electron chi connectivity index (χ2n) is 6.53. The molecule has 6 nitrogen and oxygen atoms in total. The van der Waals surface area contributed by atoms with E-state index in [1.165, 1.54) is 12.1 Å². The molecule has 2 rings (SSSR count). The van der Waals surface area contributed by atoms with Crippen LogP contribution in [-0.2, 0) is 23.1 Å². The summed E-state index contributed by atoms with van der Waals surface area (Å²) in [6.07, 6.45) is 0.808. The molecular formula is C19H25FN4O2. The summed E-state index contributed by atoms with van der Waals surface area (Å²) in [6, 6.07) is 3.79. The van der Waals surface area contributed by atoms with Crippen LogP contribution < -0.4 is 10.6 Å². The van der Waals surface area contributed by atoms with E-state index in [0.717, 1.165) is 22.5 Å². The monoisotopic (exact) mass is 360 g/mol. The lowest BCUT2D eigenvalue weighted by Crippen LogP contribution is -2.41. The van der Waals surface area contributed by atoms with E-state index in [-0.39, 0.29) is 18.0 Å². The molecule has 140 valence electrons. The second-order valence-corrected chi connectivity index (χ2v) is 6.53. The highest BCUT2D eigenvalue weighted by molar-refractivity contribution is 5.97. The molecule has 1 atom stereocenters. The lowest BCUT2D eigenvalue weighted by atomic mass is 10.1. The maximum atomic E-state index is 13.8. The summed E-state index contributed by atoms with van der Waals surface area (Å²) in [5, 5.41) is 9.47. The van der Waals surface area contributed by atoms with E-state index < -0.39 is 17.8 Å². The van der Waals surface area contributed by atoms with Crippen molar-refractivity contribution in [1.82, 2.24) is 15.1 Å². The van der Waals surface area contributed by atoms with Crippen LogP contribution in [0, 0.1) is 26.6 Å². The Morgan fingerprint density at radius 1 is 1.27 bits per heavy atom. The number of hydrogen-bond donors (Lipinski definition) is 2. The largest absolute Gasteiger partial charge is 0.345 e. The minimum Gasteiger partial charge on any atom is -0.345 e. The molecule has 0 saturated carbocycles. The molecule has 2 aromatic rings. The van der Waals surface area contributed by atoms with Crippen LogP contribution in [0.4, 0.5) is 10.1 Å². The van der Waals surface area contributed by atoms with E-state index in [1.54, 1.807) is 24.6 Å². The van der Waals surface area contributed by atoms with Crippen molar-refractivity contribution in [2.75, 3.05) is 5.32 Å². The third kappa shape index (κ3) is 4.68. The summed E-state index contributed by atoms with van der Waals surface area (Å²) in [4.78, 5) is 24.3. The zero-order valence-electron chi connectivity index (χ0n) is 15.8. The molecule has 0 aliphatic carbocycles. The average Bonchev–Trinajstić information content (AvgIpc) is 2.80. The van der Waals surface area contributed by atoms with Crippen molar-refractivity contribution in [3.05, 3.63) is 46.5 Å². The van der Waals surface area contributed by atoms with Crippen molar-refractivity contribution in [2.45, 2.75) is 46.6 Å². The van der Waals surface area contributed by atoms with Gasteiger partial charge in [-0.05, 0) is 57.4 Å². The molecule has 1 aromatic heterocycles. The Kier molecular flexibility index (Phi) is 6.13. The number of nitrogens with zero attached hydrogens (tertiary/aromatic N) is 2. The van der Waals surface area contributed by atoms with Gasteiger partial charge in [-0.3, -0.25) is 14.3 Å². The van der Waals surface area contributed by atoms with E-state index >= 15 is 0 Å². The van der Waals surface area contributed by atoms with Crippen LogP contribution in [0.15, 0.2) is 18.2 Å². The molecule has 0 saturated heterocycles. The Bertz CT molecular complexity index is 829. The smallest absolute Gasteiger partial charge is 0.246 e. The van der Waals surface area contributed by atoms with E-state index in [9.17, 15) is 14.0 Å². The maximum Gasteiger partial charge on any atom is 0.246 e. The maximum absolute atomic E-state index is 13.8. The number of aryl methyl sites for hydroxylation is 3. The number of anilines is 1. The Balaban J connectivity index is 1.88. The van der Waals surface area contributed by atoms with E-state index in [0.29, 0.717) is 6.42 Å². The minimum atomic E-state index is -0.765. The zero-order valence-corrected chi connectivity index (χ0v) is 15.8. The summed E-state index contributed by atoms with van der Waals surface area (Å²) >= 11 is 0. The Labute approximate surface area is 152 Å². The molecule has 0 bridgehead atoms. The molecule has 2 N–H and O–H groups in total. The third-order valence-electron chi connectivity index (χ3n) is 4.41. The molecule has 0 aliphatic rings. The van der Waals surface area contributed by atoms with Crippen LogP contribution >= 0.6 is 0 Å². The van der Waals surface area contributed by atoms with Crippen molar-refractivity contribution in [3.63, 3.8) is 0 Å². The summed E-state index contributed by atoms with van der Waals surface area (Å²) in [7, 11) is 1.86. The van der Waals surface area contributed by atoms with Crippen LogP contribution in [0.25, 0.3) is 0 Å². The van der Waals surface area contributed by atoms with Crippen molar-refractivity contribution < 1.29 is 14.0 Å². The van der Waals surface area contributed by atoms with Gasteiger partial charge in [0.05, 0.1) is 11.4 Å². The van der Waals surface area contributed by atoms with Gasteiger partial charge < -0.3 is 10.6 Å². The molecule has 2 amide bonds. The van der Waals surface area contributed by atoms with Gasteiger partial charge in [-0.25, -0.2) is 4.39 Å². The van der Waals surface area contributed by atoms with Gasteiger partial charge in [-0.15, -0.1) is 0 Å². The van der Waals surface area contributed by atoms with Crippen molar-refractivity contribution in [3.8, 4) is 0 Å². The van der Waals surface area contributed by atoms with Crippen molar-refractivity contribution in [2.24, 2.45) is 7.05 Å². The third-order valence-corrected chi connectivity index (χ3v) is 4.41. The number of hydrogen-bond acceptors (Lipinski definition) is 3. The number of halogens is 1. The van der Waals surface area contributed by atoms with Gasteiger partial charge in [0.25, 0.3) is 0 Å². The Morgan fingerprint density at radius 3 is 2.54 bits per heavy atom. The predicted molar refractivity (Wildman–Crippen MR) is 98.4 cm³/mol. The number of carbonyl (C=O) groups excluding carboxylic acids is 2. The van der Waals surface area contributed by atoms with Crippen LogP contribution in [0.3, 0.4) is 0 Å². The molecule has 7 heteroatoms. The summed E-state index contributed by atoms with van der Waals surface area (Å²) in [6.45, 7) is 7.20. The van der Waals surface area contributed by atoms with Crippen LogP contribution in [0.1, 0.15) is 35.9 Å². The topological polar surface area (TPSA) is 76.0 Å². The number of rotatable bonds is 6. The highest BCUT2D eigenvalue weighted by Crippen LogP contribution is 2.16. The van der Waals surface area contributed by atoms with E-state index in [2.05, 4.69) is 15.7 Å². The molecule has 0 unspecified atom stereocenters. The van der Waals surface area contributed by atoms with Gasteiger partial charge in [0, 0.05) is 19.2 Å². The molecule has 0 radical (unpaired) electrons. The van der Waals surface area contributed by atoms with Gasteiger partial charge in [0.2, 0.25) is 11.8 Å².